The van der Waals surface area contributed by atoms with Gasteiger partial charge in [0.05, 0.1) is 4.92 Å². The summed E-state index contributed by atoms with van der Waals surface area (Å²) < 4.78 is 0. The average molecular weight is 298 g/mol. The summed E-state index contributed by atoms with van der Waals surface area (Å²) in [5.41, 5.74) is 0.689. The Kier molecular flexibility index (Phi) is 5.20. The van der Waals surface area contributed by atoms with Gasteiger partial charge in [-0.05, 0) is 51.4 Å². The van der Waals surface area contributed by atoms with Crippen LogP contribution in [-0.2, 0) is 0 Å². The van der Waals surface area contributed by atoms with Crippen LogP contribution in [0.2, 0.25) is 5.02 Å². The van der Waals surface area contributed by atoms with Crippen molar-refractivity contribution in [2.75, 3.05) is 25.0 Å². The van der Waals surface area contributed by atoms with Crippen molar-refractivity contribution in [3.63, 3.8) is 0 Å². The zero-order valence-electron chi connectivity index (χ0n) is 11.6. The van der Waals surface area contributed by atoms with Gasteiger partial charge in [-0.25, -0.2) is 0 Å². The Morgan fingerprint density at radius 3 is 3.00 bits per heavy atom. The largest absolute Gasteiger partial charge is 0.363 e. The third kappa shape index (κ3) is 3.22. The predicted molar refractivity (Wildman–Crippen MR) is 81.6 cm³/mol. The monoisotopic (exact) mass is 297 g/mol. The summed E-state index contributed by atoms with van der Waals surface area (Å²) in [5.74, 6) is 0. The molecule has 0 bridgehead atoms. The molecule has 0 saturated carbocycles. The Hall–Kier alpha value is -1.33. The molecule has 110 valence electrons. The molecule has 1 N–H and O–H groups in total. The van der Waals surface area contributed by atoms with Crippen molar-refractivity contribution in [3.8, 4) is 0 Å². The van der Waals surface area contributed by atoms with Gasteiger partial charge in [0.15, 0.2) is 0 Å². The maximum Gasteiger partial charge on any atom is 0.310 e. The molecule has 1 unspecified atom stereocenters. The minimum Gasteiger partial charge on any atom is -0.363 e. The van der Waals surface area contributed by atoms with Crippen LogP contribution in [0, 0.1) is 10.1 Å². The first-order chi connectivity index (χ1) is 9.65. The number of nitrogens with one attached hydrogen (secondary N) is 1. The van der Waals surface area contributed by atoms with E-state index in [1.807, 2.05) is 13.1 Å². The van der Waals surface area contributed by atoms with Crippen molar-refractivity contribution < 1.29 is 4.92 Å². The Morgan fingerprint density at radius 1 is 1.50 bits per heavy atom. The number of rotatable bonds is 5. The third-order valence-electron chi connectivity index (χ3n) is 3.81. The molecule has 20 heavy (non-hydrogen) atoms. The topological polar surface area (TPSA) is 58.4 Å². The standard InChI is InChI=1S/C14H20ClN3O2/c1-16-9-8-11-5-2-3-10-17(11)13-7-4-6-12(15)14(13)18(19)20/h4,6-7,11,16H,2-3,5,8-10H2,1H3. The number of anilines is 1. The van der Waals surface area contributed by atoms with E-state index in [9.17, 15) is 10.1 Å². The van der Waals surface area contributed by atoms with Crippen molar-refractivity contribution in [2.24, 2.45) is 0 Å². The van der Waals surface area contributed by atoms with Crippen LogP contribution in [0.25, 0.3) is 0 Å². The van der Waals surface area contributed by atoms with Gasteiger partial charge in [-0.3, -0.25) is 10.1 Å². The number of hydrogen-bond acceptors (Lipinski definition) is 4. The summed E-state index contributed by atoms with van der Waals surface area (Å²) in [6.45, 7) is 1.77. The van der Waals surface area contributed by atoms with E-state index in [1.165, 1.54) is 6.42 Å². The molecule has 1 aliphatic rings. The van der Waals surface area contributed by atoms with E-state index in [0.717, 1.165) is 32.4 Å². The van der Waals surface area contributed by atoms with Crippen LogP contribution in [0.4, 0.5) is 11.4 Å². The zero-order chi connectivity index (χ0) is 14.5. The first-order valence-corrected chi connectivity index (χ1v) is 7.37. The molecule has 1 saturated heterocycles. The number of benzene rings is 1. The molecule has 0 radical (unpaired) electrons. The highest BCUT2D eigenvalue weighted by atomic mass is 35.5. The van der Waals surface area contributed by atoms with Gasteiger partial charge in [0.2, 0.25) is 0 Å². The summed E-state index contributed by atoms with van der Waals surface area (Å²) in [5, 5.41) is 14.7. The van der Waals surface area contributed by atoms with Crippen LogP contribution in [0.1, 0.15) is 25.7 Å². The first kappa shape index (κ1) is 15.1. The van der Waals surface area contributed by atoms with Crippen molar-refractivity contribution in [1.82, 2.24) is 5.32 Å². The fourth-order valence-corrected chi connectivity index (χ4v) is 3.08. The fourth-order valence-electron chi connectivity index (χ4n) is 2.85. The lowest BCUT2D eigenvalue weighted by molar-refractivity contribution is -0.384. The van der Waals surface area contributed by atoms with E-state index in [-0.39, 0.29) is 15.6 Å². The summed E-state index contributed by atoms with van der Waals surface area (Å²) in [6, 6.07) is 5.51. The lowest BCUT2D eigenvalue weighted by atomic mass is 9.98. The first-order valence-electron chi connectivity index (χ1n) is 6.99. The molecule has 2 rings (SSSR count). The van der Waals surface area contributed by atoms with Crippen molar-refractivity contribution in [1.29, 1.82) is 0 Å². The van der Waals surface area contributed by atoms with Crippen LogP contribution in [-0.4, -0.2) is 31.1 Å². The van der Waals surface area contributed by atoms with Crippen molar-refractivity contribution >= 4 is 23.0 Å². The van der Waals surface area contributed by atoms with E-state index in [0.29, 0.717) is 11.7 Å². The molecule has 5 nitrogen and oxygen atoms in total. The number of piperidine rings is 1. The van der Waals surface area contributed by atoms with Crippen LogP contribution >= 0.6 is 11.6 Å². The number of nitro benzene ring substituents is 1. The average Bonchev–Trinajstić information content (AvgIpc) is 2.44. The van der Waals surface area contributed by atoms with Crippen LogP contribution in [0.3, 0.4) is 0 Å². The fraction of sp³-hybridized carbons (Fsp3) is 0.571. The Morgan fingerprint density at radius 2 is 2.30 bits per heavy atom. The highest BCUT2D eigenvalue weighted by Gasteiger charge is 2.29. The molecule has 1 aromatic carbocycles. The van der Waals surface area contributed by atoms with Gasteiger partial charge in [-0.1, -0.05) is 17.7 Å². The Labute approximate surface area is 124 Å². The maximum atomic E-state index is 11.3. The molecule has 6 heteroatoms. The summed E-state index contributed by atoms with van der Waals surface area (Å²) in [6.07, 6.45) is 4.31. The van der Waals surface area contributed by atoms with E-state index in [2.05, 4.69) is 10.2 Å². The third-order valence-corrected chi connectivity index (χ3v) is 4.12. The lowest BCUT2D eigenvalue weighted by Gasteiger charge is -2.37. The highest BCUT2D eigenvalue weighted by Crippen LogP contribution is 2.38. The number of hydrogen-bond donors (Lipinski definition) is 1. The van der Waals surface area contributed by atoms with Gasteiger partial charge in [-0.2, -0.15) is 0 Å². The zero-order valence-corrected chi connectivity index (χ0v) is 12.4. The quantitative estimate of drug-likeness (QED) is 0.670. The van der Waals surface area contributed by atoms with E-state index in [1.54, 1.807) is 12.1 Å². The Bertz CT molecular complexity index is 481. The Balaban J connectivity index is 2.32. The molecule has 1 aromatic rings. The SMILES string of the molecule is CNCCC1CCCCN1c1cccc(Cl)c1[N+](=O)[O-]. The molecular formula is C14H20ClN3O2. The minimum atomic E-state index is -0.374. The van der Waals surface area contributed by atoms with E-state index >= 15 is 0 Å². The van der Waals surface area contributed by atoms with Gasteiger partial charge >= 0.3 is 5.69 Å². The van der Waals surface area contributed by atoms with Crippen molar-refractivity contribution in [3.05, 3.63) is 33.3 Å². The van der Waals surface area contributed by atoms with E-state index in [4.69, 9.17) is 11.6 Å². The highest BCUT2D eigenvalue weighted by molar-refractivity contribution is 6.33. The van der Waals surface area contributed by atoms with Gasteiger partial charge in [0.25, 0.3) is 0 Å². The molecular weight excluding hydrogens is 278 g/mol. The molecule has 0 amide bonds. The summed E-state index contributed by atoms with van der Waals surface area (Å²) >= 11 is 6.01. The normalized spacial score (nSPS) is 19.1. The van der Waals surface area contributed by atoms with Crippen molar-refractivity contribution in [2.45, 2.75) is 31.7 Å². The molecule has 1 fully saturated rings. The van der Waals surface area contributed by atoms with Crippen LogP contribution < -0.4 is 10.2 Å². The number of nitro groups is 1. The second kappa shape index (κ2) is 6.90. The van der Waals surface area contributed by atoms with Gasteiger partial charge in [0, 0.05) is 12.6 Å². The number of para-hydroxylation sites is 1. The molecule has 1 heterocycles. The summed E-state index contributed by atoms with van der Waals surface area (Å²) in [7, 11) is 1.93. The molecule has 0 spiro atoms. The molecule has 1 aliphatic heterocycles. The van der Waals surface area contributed by atoms with Crippen LogP contribution in [0.15, 0.2) is 18.2 Å². The smallest absolute Gasteiger partial charge is 0.310 e. The van der Waals surface area contributed by atoms with E-state index < -0.39 is 0 Å². The van der Waals surface area contributed by atoms with Gasteiger partial charge in [0.1, 0.15) is 10.7 Å². The second-order valence-corrected chi connectivity index (χ2v) is 5.51. The predicted octanol–water partition coefficient (Wildman–Crippen LogP) is 3.22. The molecule has 0 aromatic heterocycles. The summed E-state index contributed by atoms with van der Waals surface area (Å²) in [4.78, 5) is 13.1. The van der Waals surface area contributed by atoms with Gasteiger partial charge in [-0.15, -0.1) is 0 Å². The van der Waals surface area contributed by atoms with Crippen LogP contribution in [0.5, 0.6) is 0 Å². The minimum absolute atomic E-state index is 0.0329. The number of halogens is 1. The lowest BCUT2D eigenvalue weighted by Crippen LogP contribution is -2.41. The van der Waals surface area contributed by atoms with Gasteiger partial charge < -0.3 is 10.2 Å². The molecule has 1 atom stereocenters. The number of nitrogens with zero attached hydrogens (tertiary/aromatic N) is 2. The second-order valence-electron chi connectivity index (χ2n) is 5.10. The molecule has 0 aliphatic carbocycles. The maximum absolute atomic E-state index is 11.3.